The molecule has 1 N–H and O–H groups in total. The van der Waals surface area contributed by atoms with Gasteiger partial charge < -0.3 is 10.0 Å². The molecule has 1 fully saturated rings. The number of anilines is 1. The maximum atomic E-state index is 10.3. The lowest BCUT2D eigenvalue weighted by molar-refractivity contribution is 0.105. The van der Waals surface area contributed by atoms with Gasteiger partial charge >= 0.3 is 0 Å². The molecule has 0 radical (unpaired) electrons. The highest BCUT2D eigenvalue weighted by atomic mass is 32.1. The van der Waals surface area contributed by atoms with E-state index in [1.54, 1.807) is 17.7 Å². The molecule has 3 heterocycles. The largest absolute Gasteiger partial charge is 0.396 e. The second-order valence-electron chi connectivity index (χ2n) is 7.12. The first-order chi connectivity index (χ1) is 12.2. The number of nitrogens with zero attached hydrogens (tertiary/aromatic N) is 3. The average Bonchev–Trinajstić information content (AvgIpc) is 3.13. The zero-order chi connectivity index (χ0) is 17.3. The van der Waals surface area contributed by atoms with Crippen LogP contribution in [0, 0.1) is 12.3 Å². The van der Waals surface area contributed by atoms with Crippen LogP contribution in [0.5, 0.6) is 0 Å². The van der Waals surface area contributed by atoms with Gasteiger partial charge in [0.25, 0.3) is 0 Å². The van der Waals surface area contributed by atoms with Crippen LogP contribution in [0.4, 0.5) is 5.82 Å². The number of aryl methyl sites for hydroxylation is 1. The van der Waals surface area contributed by atoms with Gasteiger partial charge in [0.15, 0.2) is 0 Å². The lowest BCUT2D eigenvalue weighted by Gasteiger charge is -2.43. The standard InChI is InChI=1S/C20H23N3OS/c1-15-5-2-3-6-16(15)11-20(13-24)8-4-9-23(12-20)18-17-7-10-25-19(17)22-14-21-18/h2-3,5-7,10,14,24H,4,8-9,11-13H2,1H3/t20-/m0/s1. The third kappa shape index (κ3) is 3.14. The molecule has 2 aromatic heterocycles. The van der Waals surface area contributed by atoms with Crippen LogP contribution in [0.2, 0.25) is 0 Å². The van der Waals surface area contributed by atoms with Crippen molar-refractivity contribution in [3.8, 4) is 0 Å². The van der Waals surface area contributed by atoms with Gasteiger partial charge in [0.2, 0.25) is 0 Å². The molecule has 1 saturated heterocycles. The van der Waals surface area contributed by atoms with Crippen molar-refractivity contribution in [2.75, 3.05) is 24.6 Å². The zero-order valence-corrected chi connectivity index (χ0v) is 15.3. The monoisotopic (exact) mass is 353 g/mol. The molecule has 1 aromatic carbocycles. The van der Waals surface area contributed by atoms with E-state index in [-0.39, 0.29) is 12.0 Å². The van der Waals surface area contributed by atoms with Crippen LogP contribution < -0.4 is 4.90 Å². The number of rotatable bonds is 4. The van der Waals surface area contributed by atoms with Gasteiger partial charge in [-0.1, -0.05) is 24.3 Å². The van der Waals surface area contributed by atoms with Gasteiger partial charge in [-0.2, -0.15) is 0 Å². The van der Waals surface area contributed by atoms with E-state index >= 15 is 0 Å². The smallest absolute Gasteiger partial charge is 0.140 e. The average molecular weight is 353 g/mol. The predicted molar refractivity (Wildman–Crippen MR) is 103 cm³/mol. The number of aliphatic hydroxyl groups is 1. The summed E-state index contributed by atoms with van der Waals surface area (Å²) in [4.78, 5) is 12.3. The fourth-order valence-electron chi connectivity index (χ4n) is 3.96. The molecule has 0 aliphatic carbocycles. The summed E-state index contributed by atoms with van der Waals surface area (Å²) in [5.41, 5.74) is 2.52. The first-order valence-corrected chi connectivity index (χ1v) is 9.67. The molecule has 0 unspecified atom stereocenters. The van der Waals surface area contributed by atoms with Gasteiger partial charge in [0.1, 0.15) is 17.0 Å². The number of thiophene rings is 1. The Bertz CT molecular complexity index is 878. The summed E-state index contributed by atoms with van der Waals surface area (Å²) >= 11 is 1.65. The Morgan fingerprint density at radius 3 is 2.96 bits per heavy atom. The van der Waals surface area contributed by atoms with E-state index in [2.05, 4.69) is 57.5 Å². The van der Waals surface area contributed by atoms with Crippen LogP contribution in [0.15, 0.2) is 42.0 Å². The Morgan fingerprint density at radius 2 is 2.12 bits per heavy atom. The topological polar surface area (TPSA) is 49.2 Å². The summed E-state index contributed by atoms with van der Waals surface area (Å²) < 4.78 is 0. The van der Waals surface area contributed by atoms with Crippen molar-refractivity contribution >= 4 is 27.4 Å². The van der Waals surface area contributed by atoms with Crippen molar-refractivity contribution in [3.05, 3.63) is 53.2 Å². The number of hydrogen-bond donors (Lipinski definition) is 1. The lowest BCUT2D eigenvalue weighted by atomic mass is 9.75. The number of piperidine rings is 1. The van der Waals surface area contributed by atoms with E-state index in [0.29, 0.717) is 0 Å². The molecule has 1 atom stereocenters. The number of fused-ring (bicyclic) bond motifs is 1. The lowest BCUT2D eigenvalue weighted by Crippen LogP contribution is -2.47. The molecule has 25 heavy (non-hydrogen) atoms. The maximum Gasteiger partial charge on any atom is 0.140 e. The number of aromatic nitrogens is 2. The highest BCUT2D eigenvalue weighted by Gasteiger charge is 2.36. The van der Waals surface area contributed by atoms with Crippen molar-refractivity contribution in [1.82, 2.24) is 9.97 Å². The van der Waals surface area contributed by atoms with Crippen LogP contribution in [0.25, 0.3) is 10.2 Å². The summed E-state index contributed by atoms with van der Waals surface area (Å²) in [7, 11) is 0. The summed E-state index contributed by atoms with van der Waals surface area (Å²) in [5, 5.41) is 13.5. The Kier molecular flexibility index (Phi) is 4.44. The third-order valence-corrected chi connectivity index (χ3v) is 6.18. The summed E-state index contributed by atoms with van der Waals surface area (Å²) in [5.74, 6) is 1.01. The van der Waals surface area contributed by atoms with Gasteiger partial charge in [-0.25, -0.2) is 9.97 Å². The minimum Gasteiger partial charge on any atom is -0.396 e. The molecule has 5 heteroatoms. The van der Waals surface area contributed by atoms with Crippen molar-refractivity contribution < 1.29 is 5.11 Å². The highest BCUT2D eigenvalue weighted by molar-refractivity contribution is 7.16. The minimum absolute atomic E-state index is 0.113. The van der Waals surface area contributed by atoms with E-state index in [1.807, 2.05) is 0 Å². The zero-order valence-electron chi connectivity index (χ0n) is 14.5. The van der Waals surface area contributed by atoms with Gasteiger partial charge in [-0.3, -0.25) is 0 Å². The van der Waals surface area contributed by atoms with Crippen molar-refractivity contribution in [3.63, 3.8) is 0 Å². The Labute approximate surface area is 152 Å². The molecular formula is C20H23N3OS. The predicted octanol–water partition coefficient (Wildman–Crippen LogP) is 3.82. The molecule has 4 rings (SSSR count). The van der Waals surface area contributed by atoms with Crippen LogP contribution in [0.3, 0.4) is 0 Å². The Morgan fingerprint density at radius 1 is 1.24 bits per heavy atom. The SMILES string of the molecule is Cc1ccccc1C[C@@]1(CO)CCCN(c2ncnc3sccc23)C1. The molecule has 4 nitrogen and oxygen atoms in total. The van der Waals surface area contributed by atoms with Crippen LogP contribution in [0.1, 0.15) is 24.0 Å². The van der Waals surface area contributed by atoms with Crippen LogP contribution in [-0.2, 0) is 6.42 Å². The first kappa shape index (κ1) is 16.5. The summed E-state index contributed by atoms with van der Waals surface area (Å²) in [6.07, 6.45) is 4.68. The van der Waals surface area contributed by atoms with Gasteiger partial charge in [0, 0.05) is 18.5 Å². The van der Waals surface area contributed by atoms with Crippen molar-refractivity contribution in [2.24, 2.45) is 5.41 Å². The first-order valence-electron chi connectivity index (χ1n) is 8.79. The molecule has 130 valence electrons. The van der Waals surface area contributed by atoms with Crippen LogP contribution in [-0.4, -0.2) is 34.8 Å². The second-order valence-corrected chi connectivity index (χ2v) is 8.02. The second kappa shape index (κ2) is 6.73. The maximum absolute atomic E-state index is 10.3. The summed E-state index contributed by atoms with van der Waals surface area (Å²) in [6, 6.07) is 10.6. The van der Waals surface area contributed by atoms with Gasteiger partial charge in [-0.15, -0.1) is 11.3 Å². The van der Waals surface area contributed by atoms with Crippen LogP contribution >= 0.6 is 11.3 Å². The van der Waals surface area contributed by atoms with E-state index in [4.69, 9.17) is 0 Å². The Hall–Kier alpha value is -1.98. The van der Waals surface area contributed by atoms with E-state index in [1.165, 1.54) is 11.1 Å². The third-order valence-electron chi connectivity index (χ3n) is 5.36. The molecular weight excluding hydrogens is 330 g/mol. The molecule has 3 aromatic rings. The Balaban J connectivity index is 1.64. The fourth-order valence-corrected chi connectivity index (χ4v) is 4.69. The van der Waals surface area contributed by atoms with Gasteiger partial charge in [-0.05, 0) is 48.8 Å². The normalized spacial score (nSPS) is 21.0. The van der Waals surface area contributed by atoms with Gasteiger partial charge in [0.05, 0.1) is 12.0 Å². The van der Waals surface area contributed by atoms with Crippen molar-refractivity contribution in [2.45, 2.75) is 26.2 Å². The molecule has 0 bridgehead atoms. The number of hydrogen-bond acceptors (Lipinski definition) is 5. The fraction of sp³-hybridized carbons (Fsp3) is 0.400. The molecule has 1 aliphatic heterocycles. The molecule has 1 aliphatic rings. The highest BCUT2D eigenvalue weighted by Crippen LogP contribution is 2.37. The number of benzene rings is 1. The minimum atomic E-state index is -0.113. The molecule has 0 saturated carbocycles. The molecule has 0 amide bonds. The van der Waals surface area contributed by atoms with E-state index in [0.717, 1.165) is 48.4 Å². The van der Waals surface area contributed by atoms with E-state index in [9.17, 15) is 5.11 Å². The van der Waals surface area contributed by atoms with Crippen molar-refractivity contribution in [1.29, 1.82) is 0 Å². The molecule has 0 spiro atoms. The summed E-state index contributed by atoms with van der Waals surface area (Å²) in [6.45, 7) is 4.17. The number of aliphatic hydroxyl groups excluding tert-OH is 1. The van der Waals surface area contributed by atoms with E-state index < -0.39 is 0 Å². The quantitative estimate of drug-likeness (QED) is 0.775.